The first kappa shape index (κ1) is 20.7. The molecule has 0 aliphatic carbocycles. The van der Waals surface area contributed by atoms with E-state index in [2.05, 4.69) is 0 Å². The van der Waals surface area contributed by atoms with Crippen LogP contribution in [0.5, 0.6) is 0 Å². The molecule has 0 radical (unpaired) electrons. The van der Waals surface area contributed by atoms with E-state index < -0.39 is 11.7 Å². The number of ether oxygens (including phenoxy) is 3. The Bertz CT molecular complexity index is 587. The first-order valence-corrected chi connectivity index (χ1v) is 8.21. The zero-order chi connectivity index (χ0) is 18.9. The minimum Gasteiger partial charge on any atom is -0.463 e. The second kappa shape index (κ2) is 9.84. The van der Waals surface area contributed by atoms with E-state index in [1.807, 2.05) is 32.9 Å². The lowest BCUT2D eigenvalue weighted by molar-refractivity contribution is -0.137. The third kappa shape index (κ3) is 7.85. The number of amides is 1. The van der Waals surface area contributed by atoms with Crippen LogP contribution in [0, 0.1) is 0 Å². The molecule has 0 N–H and O–H groups in total. The second-order valence-corrected chi connectivity index (χ2v) is 6.30. The summed E-state index contributed by atoms with van der Waals surface area (Å²) in [6, 6.07) is 7.22. The Morgan fingerprint density at radius 3 is 2.32 bits per heavy atom. The molecule has 1 aromatic carbocycles. The maximum Gasteiger partial charge on any atom is 0.414 e. The van der Waals surface area contributed by atoms with Gasteiger partial charge in [0.25, 0.3) is 0 Å². The minimum atomic E-state index is -0.579. The average Bonchev–Trinajstić information content (AvgIpc) is 2.53. The molecule has 0 bridgehead atoms. The van der Waals surface area contributed by atoms with E-state index in [0.717, 1.165) is 5.56 Å². The van der Waals surface area contributed by atoms with Crippen LogP contribution < -0.4 is 4.90 Å². The molecule has 0 atom stereocenters. The fourth-order valence-corrected chi connectivity index (χ4v) is 1.95. The van der Waals surface area contributed by atoms with Crippen molar-refractivity contribution in [3.63, 3.8) is 0 Å². The maximum atomic E-state index is 12.4. The van der Waals surface area contributed by atoms with Crippen LogP contribution in [0.25, 0.3) is 6.08 Å². The second-order valence-electron chi connectivity index (χ2n) is 6.30. The fraction of sp³-hybridized carbons (Fsp3) is 0.474. The number of methoxy groups -OCH3 is 1. The molecule has 1 amide bonds. The van der Waals surface area contributed by atoms with Crippen molar-refractivity contribution in [1.29, 1.82) is 0 Å². The van der Waals surface area contributed by atoms with Gasteiger partial charge in [-0.15, -0.1) is 0 Å². The summed E-state index contributed by atoms with van der Waals surface area (Å²) in [6.07, 6.45) is 2.60. The highest BCUT2D eigenvalue weighted by Gasteiger charge is 2.23. The molecule has 1 rings (SSSR count). The summed E-state index contributed by atoms with van der Waals surface area (Å²) in [5, 5.41) is 0. The zero-order valence-corrected chi connectivity index (χ0v) is 15.6. The normalized spacial score (nSPS) is 11.4. The van der Waals surface area contributed by atoms with Gasteiger partial charge in [-0.3, -0.25) is 4.90 Å². The number of carbonyl (C=O) groups excluding carboxylic acids is 2. The van der Waals surface area contributed by atoms with E-state index in [0.29, 0.717) is 25.4 Å². The van der Waals surface area contributed by atoms with E-state index in [-0.39, 0.29) is 5.97 Å². The first-order chi connectivity index (χ1) is 11.8. The van der Waals surface area contributed by atoms with Crippen molar-refractivity contribution in [1.82, 2.24) is 0 Å². The molecule has 6 heteroatoms. The molecular weight excluding hydrogens is 322 g/mol. The summed E-state index contributed by atoms with van der Waals surface area (Å²) in [6.45, 7) is 8.33. The van der Waals surface area contributed by atoms with Crippen molar-refractivity contribution in [2.45, 2.75) is 33.3 Å². The first-order valence-electron chi connectivity index (χ1n) is 8.21. The topological polar surface area (TPSA) is 65.1 Å². The quantitative estimate of drug-likeness (QED) is 0.555. The number of hydrogen-bond donors (Lipinski definition) is 0. The number of anilines is 1. The molecule has 138 valence electrons. The lowest BCUT2D eigenvalue weighted by atomic mass is 10.2. The Kier molecular flexibility index (Phi) is 8.15. The van der Waals surface area contributed by atoms with Gasteiger partial charge in [0.2, 0.25) is 0 Å². The van der Waals surface area contributed by atoms with Crippen LogP contribution in [0.3, 0.4) is 0 Å². The number of nitrogens with zero attached hydrogens (tertiary/aromatic N) is 1. The van der Waals surface area contributed by atoms with Crippen LogP contribution in [0.2, 0.25) is 0 Å². The predicted octanol–water partition coefficient (Wildman–Crippen LogP) is 3.65. The van der Waals surface area contributed by atoms with Gasteiger partial charge in [0.1, 0.15) is 5.60 Å². The molecule has 0 aliphatic heterocycles. The number of hydrogen-bond acceptors (Lipinski definition) is 5. The highest BCUT2D eigenvalue weighted by molar-refractivity contribution is 5.89. The van der Waals surface area contributed by atoms with Crippen molar-refractivity contribution in [2.75, 3.05) is 31.8 Å². The van der Waals surface area contributed by atoms with Crippen molar-refractivity contribution in [3.05, 3.63) is 35.9 Å². The van der Waals surface area contributed by atoms with Crippen LogP contribution in [-0.2, 0) is 19.0 Å². The minimum absolute atomic E-state index is 0.340. The Labute approximate surface area is 149 Å². The summed E-state index contributed by atoms with van der Waals surface area (Å²) in [4.78, 5) is 25.3. The smallest absolute Gasteiger partial charge is 0.414 e. The van der Waals surface area contributed by atoms with Crippen molar-refractivity contribution in [2.24, 2.45) is 0 Å². The summed E-state index contributed by atoms with van der Waals surface area (Å²) in [5.74, 6) is -0.387. The van der Waals surface area contributed by atoms with Crippen LogP contribution >= 0.6 is 0 Å². The maximum absolute atomic E-state index is 12.4. The van der Waals surface area contributed by atoms with Gasteiger partial charge in [0.05, 0.1) is 19.8 Å². The molecule has 0 spiro atoms. The summed E-state index contributed by atoms with van der Waals surface area (Å²) in [5.41, 5.74) is 0.942. The van der Waals surface area contributed by atoms with Crippen LogP contribution in [0.1, 0.15) is 33.3 Å². The van der Waals surface area contributed by atoms with E-state index >= 15 is 0 Å². The number of rotatable bonds is 7. The lowest BCUT2D eigenvalue weighted by Gasteiger charge is -2.27. The lowest BCUT2D eigenvalue weighted by Crippen LogP contribution is -2.38. The molecule has 0 aromatic heterocycles. The largest absolute Gasteiger partial charge is 0.463 e. The fourth-order valence-electron chi connectivity index (χ4n) is 1.95. The number of benzene rings is 1. The number of esters is 1. The van der Waals surface area contributed by atoms with Gasteiger partial charge in [0, 0.05) is 18.9 Å². The molecule has 0 aliphatic rings. The molecule has 1 aromatic rings. The highest BCUT2D eigenvalue weighted by Crippen LogP contribution is 2.19. The monoisotopic (exact) mass is 349 g/mol. The standard InChI is InChI=1S/C19H27NO5/c1-6-24-17(21)12-9-15-7-10-16(11-8-15)20(13-14-23-5)18(22)25-19(2,3)4/h7-12H,6,13-14H2,1-5H3. The summed E-state index contributed by atoms with van der Waals surface area (Å²) in [7, 11) is 1.58. The van der Waals surface area contributed by atoms with Gasteiger partial charge in [-0.25, -0.2) is 9.59 Å². The Morgan fingerprint density at radius 2 is 1.80 bits per heavy atom. The molecule has 0 saturated carbocycles. The van der Waals surface area contributed by atoms with E-state index in [1.165, 1.54) is 11.0 Å². The third-order valence-corrected chi connectivity index (χ3v) is 3.04. The van der Waals surface area contributed by atoms with Crippen LogP contribution in [0.15, 0.2) is 30.3 Å². The van der Waals surface area contributed by atoms with Crippen LogP contribution in [0.4, 0.5) is 10.5 Å². The molecule has 0 unspecified atom stereocenters. The van der Waals surface area contributed by atoms with Gasteiger partial charge in [-0.05, 0) is 51.5 Å². The molecule has 25 heavy (non-hydrogen) atoms. The van der Waals surface area contributed by atoms with Crippen molar-refractivity contribution in [3.8, 4) is 0 Å². The van der Waals surface area contributed by atoms with Crippen molar-refractivity contribution >= 4 is 23.8 Å². The van der Waals surface area contributed by atoms with Gasteiger partial charge in [0.15, 0.2) is 0 Å². The molecule has 0 heterocycles. The van der Waals surface area contributed by atoms with E-state index in [4.69, 9.17) is 14.2 Å². The van der Waals surface area contributed by atoms with Gasteiger partial charge >= 0.3 is 12.1 Å². The Morgan fingerprint density at radius 1 is 1.16 bits per heavy atom. The zero-order valence-electron chi connectivity index (χ0n) is 15.6. The average molecular weight is 349 g/mol. The third-order valence-electron chi connectivity index (χ3n) is 3.04. The van der Waals surface area contributed by atoms with Gasteiger partial charge in [-0.2, -0.15) is 0 Å². The molecule has 0 saturated heterocycles. The van der Waals surface area contributed by atoms with Gasteiger partial charge in [-0.1, -0.05) is 12.1 Å². The summed E-state index contributed by atoms with van der Waals surface area (Å²) < 4.78 is 15.4. The van der Waals surface area contributed by atoms with Crippen molar-refractivity contribution < 1.29 is 23.8 Å². The van der Waals surface area contributed by atoms with E-state index in [1.54, 1.807) is 32.2 Å². The highest BCUT2D eigenvalue weighted by atomic mass is 16.6. The molecule has 0 fully saturated rings. The Hall–Kier alpha value is -2.34. The molecule has 6 nitrogen and oxygen atoms in total. The van der Waals surface area contributed by atoms with E-state index in [9.17, 15) is 9.59 Å². The van der Waals surface area contributed by atoms with Gasteiger partial charge < -0.3 is 14.2 Å². The van der Waals surface area contributed by atoms with Crippen LogP contribution in [-0.4, -0.2) is 44.5 Å². The molecular formula is C19H27NO5. The number of carbonyl (C=O) groups is 2. The predicted molar refractivity (Wildman–Crippen MR) is 97.6 cm³/mol. The summed E-state index contributed by atoms with van der Waals surface area (Å²) >= 11 is 0. The SMILES string of the molecule is CCOC(=O)C=Cc1ccc(N(CCOC)C(=O)OC(C)(C)C)cc1. The Balaban J connectivity index is 2.88.